The fraction of sp³-hybridized carbons (Fsp3) is 0.622. The second-order valence-corrected chi connectivity index (χ2v) is 12.8. The van der Waals surface area contributed by atoms with Gasteiger partial charge >= 0.3 is 35.8 Å². The second kappa shape index (κ2) is 40.2. The summed E-state index contributed by atoms with van der Waals surface area (Å²) in [5, 5.41) is 52.8. The van der Waals surface area contributed by atoms with Gasteiger partial charge < -0.3 is 89.4 Å². The number of nitrogens with one attached hydrogen (secondary N) is 1. The Morgan fingerprint density at radius 2 is 1.05 bits per heavy atom. The van der Waals surface area contributed by atoms with Crippen molar-refractivity contribution in [3.8, 4) is 5.75 Å². The Bertz CT molecular complexity index is 1400. The fourth-order valence-electron chi connectivity index (χ4n) is 3.37. The van der Waals surface area contributed by atoms with Gasteiger partial charge in [-0.1, -0.05) is 18.6 Å². The highest BCUT2D eigenvalue weighted by atomic mass is 16.5. The van der Waals surface area contributed by atoms with E-state index in [-0.39, 0.29) is 37.4 Å². The molecular formula is C37H69N7O17. The van der Waals surface area contributed by atoms with Crippen LogP contribution in [0.2, 0.25) is 0 Å². The summed E-state index contributed by atoms with van der Waals surface area (Å²) < 4.78 is 14.1. The number of carbonyl (C=O) groups excluding carboxylic acids is 2. The van der Waals surface area contributed by atoms with E-state index < -0.39 is 78.2 Å². The smallest absolute Gasteiger partial charge is 0.323 e. The number of rotatable bonds is 23. The van der Waals surface area contributed by atoms with Crippen molar-refractivity contribution in [3.05, 3.63) is 29.8 Å². The van der Waals surface area contributed by atoms with Gasteiger partial charge in [-0.3, -0.25) is 33.6 Å². The van der Waals surface area contributed by atoms with Crippen LogP contribution in [-0.4, -0.2) is 162 Å². The molecule has 0 spiro atoms. The summed E-state index contributed by atoms with van der Waals surface area (Å²) >= 11 is 0. The summed E-state index contributed by atoms with van der Waals surface area (Å²) in [6, 6.07) is 1.90. The molecule has 0 saturated carbocycles. The quantitative estimate of drug-likeness (QED) is 0.0532. The summed E-state index contributed by atoms with van der Waals surface area (Å²) in [5.74, 6) is -5.64. The van der Waals surface area contributed by atoms with Crippen LogP contribution in [0.4, 0.5) is 0 Å². The van der Waals surface area contributed by atoms with E-state index in [2.05, 4.69) is 14.8 Å². The minimum Gasteiger partial charge on any atom is -0.497 e. The normalized spacial score (nSPS) is 13.3. The maximum absolute atomic E-state index is 10.5. The Hall–Kier alpha value is -5.18. The van der Waals surface area contributed by atoms with Crippen molar-refractivity contribution >= 4 is 47.4 Å². The average molecular weight is 884 g/mol. The third-order valence-corrected chi connectivity index (χ3v) is 7.22. The lowest BCUT2D eigenvalue weighted by Crippen LogP contribution is -2.40. The summed E-state index contributed by atoms with van der Waals surface area (Å²) in [7, 11) is 6.28. The van der Waals surface area contributed by atoms with E-state index in [4.69, 9.17) is 69.8 Å². The van der Waals surface area contributed by atoms with Gasteiger partial charge in [0.15, 0.2) is 0 Å². The van der Waals surface area contributed by atoms with Gasteiger partial charge in [-0.15, -0.1) is 0 Å². The third-order valence-electron chi connectivity index (χ3n) is 7.22. The van der Waals surface area contributed by atoms with Gasteiger partial charge in [0.05, 0.1) is 19.8 Å². The Balaban J connectivity index is -0.000000208. The lowest BCUT2D eigenvalue weighted by molar-refractivity contribution is -0.142. The molecule has 0 amide bonds. The molecule has 1 rings (SSSR count). The number of ether oxygens (including phenoxy) is 3. The van der Waals surface area contributed by atoms with E-state index >= 15 is 0 Å². The van der Waals surface area contributed by atoms with Crippen molar-refractivity contribution in [1.29, 1.82) is 0 Å². The predicted molar refractivity (Wildman–Crippen MR) is 222 cm³/mol. The number of hydrogen-bond donors (Lipinski definition) is 13. The van der Waals surface area contributed by atoms with Gasteiger partial charge in [-0.2, -0.15) is 0 Å². The van der Waals surface area contributed by atoms with Gasteiger partial charge in [0.2, 0.25) is 0 Å². The molecule has 1 aromatic rings. The molecule has 0 fully saturated rings. The van der Waals surface area contributed by atoms with Crippen molar-refractivity contribution < 1.29 is 83.2 Å². The summed E-state index contributed by atoms with van der Waals surface area (Å²) in [6.45, 7) is 5.32. The van der Waals surface area contributed by atoms with Crippen LogP contribution in [0.5, 0.6) is 5.75 Å². The Morgan fingerprint density at radius 3 is 1.33 bits per heavy atom. The lowest BCUT2D eigenvalue weighted by Gasteiger charge is -2.12. The molecule has 0 aliphatic carbocycles. The number of benzene rings is 1. The van der Waals surface area contributed by atoms with Crippen molar-refractivity contribution in [2.75, 3.05) is 41.5 Å². The van der Waals surface area contributed by atoms with E-state index in [0.717, 1.165) is 30.7 Å². The van der Waals surface area contributed by atoms with E-state index in [1.165, 1.54) is 28.1 Å². The molecule has 0 aromatic heterocycles. The topological polar surface area (TPSA) is 454 Å². The van der Waals surface area contributed by atoms with Crippen LogP contribution < -0.4 is 44.5 Å². The highest BCUT2D eigenvalue weighted by Gasteiger charge is 2.19. The molecule has 0 heterocycles. The molecule has 7 atom stereocenters. The largest absolute Gasteiger partial charge is 0.497 e. The van der Waals surface area contributed by atoms with Gasteiger partial charge in [0.25, 0.3) is 0 Å². The zero-order valence-corrected chi connectivity index (χ0v) is 35.9. The summed E-state index contributed by atoms with van der Waals surface area (Å²) in [4.78, 5) is 81.2. The first-order valence-corrected chi connectivity index (χ1v) is 18.3. The number of carboxylic acids is 6. The Labute approximate surface area is 355 Å². The predicted octanol–water partition coefficient (Wildman–Crippen LogP) is -1.94. The zero-order valence-electron chi connectivity index (χ0n) is 35.9. The van der Waals surface area contributed by atoms with Crippen LogP contribution in [0, 0.1) is 0 Å². The molecule has 0 unspecified atom stereocenters. The van der Waals surface area contributed by atoms with Crippen molar-refractivity contribution in [1.82, 2.24) is 5.32 Å². The number of aliphatic carboxylic acids is 6. The molecule has 0 bridgehead atoms. The zero-order chi connectivity index (χ0) is 48.8. The molecule has 24 nitrogen and oxygen atoms in total. The number of nitrogens with two attached hydrogens (primary N) is 6. The molecule has 354 valence electrons. The average Bonchev–Trinajstić information content (AvgIpc) is 3.18. The molecule has 61 heavy (non-hydrogen) atoms. The Kier molecular flexibility index (Phi) is 42.8. The number of unbranched alkanes of at least 4 members (excludes halogenated alkanes) is 1. The first kappa shape index (κ1) is 65.0. The van der Waals surface area contributed by atoms with Crippen LogP contribution in [0.15, 0.2) is 24.3 Å². The number of hydrogen-bond acceptors (Lipinski definition) is 18. The van der Waals surface area contributed by atoms with Crippen LogP contribution in [0.3, 0.4) is 0 Å². The molecule has 0 aliphatic heterocycles. The number of carboxylic acid groups (broad SMARTS) is 6. The van der Waals surface area contributed by atoms with E-state index in [1.807, 2.05) is 19.2 Å². The molecule has 1 aromatic carbocycles. The minimum atomic E-state index is -1.13. The van der Waals surface area contributed by atoms with Gasteiger partial charge in [-0.25, -0.2) is 0 Å². The number of Topliss-reactive ketones (excluding diaryl/α,β-unsaturated/α-hetero) is 2. The molecule has 0 aliphatic rings. The van der Waals surface area contributed by atoms with Crippen LogP contribution in [0.25, 0.3) is 0 Å². The first-order valence-electron chi connectivity index (χ1n) is 18.3. The van der Waals surface area contributed by atoms with E-state index in [0.29, 0.717) is 12.8 Å². The lowest BCUT2D eigenvalue weighted by atomic mass is 10.1. The SMILES string of the molecule is CC(=O)CC[C@H](N)C(=O)O.CC(=O)C[C@H](N)C(=O)O.CNCCCC[C@H](N)C(=O)O.COC[C@H](N)C(=O)O.CO[C@H](C)[C@H](N)C(=O)O.COc1ccc(C[C@H](N)C(=O)O)cc1. The van der Waals surface area contributed by atoms with Gasteiger partial charge in [0.1, 0.15) is 53.6 Å². The standard InChI is InChI=1S/C10H13NO3.C7H16N2O2.C6H11NO3.C5H11NO3.C5H9NO3.C4H9NO3/c1-14-8-4-2-7(3-5-8)6-9(11)10(12)13;1-9-5-3-2-4-6(8)7(10)11;1-4(8)2-3-5(7)6(9)10;1-3(9-2)4(6)5(7)8;1-3(7)2-4(6)5(8)9;1-8-2-3(5)4(6)7/h2-5,9H,6,11H2,1H3,(H,12,13);6,9H,2-5,8H2,1H3,(H,10,11);5H,2-3,7H2,1H3,(H,9,10);3-4H,6H2,1-2H3,(H,7,8);4H,2,6H2,1H3,(H,8,9);3H,2,5H2,1H3,(H,6,7)/t9-;6-;5-;3-,4+;4-;3-/m000100/s1. The van der Waals surface area contributed by atoms with Crippen LogP contribution in [0.1, 0.15) is 64.9 Å². The van der Waals surface area contributed by atoms with Crippen molar-refractivity contribution in [2.45, 2.75) is 108 Å². The summed E-state index contributed by atoms with van der Waals surface area (Å²) in [5.41, 5.74) is 31.8. The molecular weight excluding hydrogens is 814 g/mol. The van der Waals surface area contributed by atoms with Gasteiger partial charge in [-0.05, 0) is 77.7 Å². The van der Waals surface area contributed by atoms with Crippen LogP contribution in [-0.2, 0) is 54.3 Å². The first-order chi connectivity index (χ1) is 28.2. The highest BCUT2D eigenvalue weighted by Crippen LogP contribution is 2.12. The monoisotopic (exact) mass is 883 g/mol. The highest BCUT2D eigenvalue weighted by molar-refractivity contribution is 5.84. The summed E-state index contributed by atoms with van der Waals surface area (Å²) in [6.07, 6.45) is 2.71. The van der Waals surface area contributed by atoms with Gasteiger partial charge in [0, 0.05) is 27.1 Å². The number of carbonyl (C=O) groups is 8. The van der Waals surface area contributed by atoms with Crippen LogP contribution >= 0.6 is 0 Å². The maximum atomic E-state index is 10.5. The third kappa shape index (κ3) is 44.2. The molecule has 19 N–H and O–H groups in total. The number of ketones is 2. The molecule has 24 heteroatoms. The maximum Gasteiger partial charge on any atom is 0.323 e. The minimum absolute atomic E-state index is 0.0308. The molecule has 0 radical (unpaired) electrons. The van der Waals surface area contributed by atoms with Crippen molar-refractivity contribution in [3.63, 3.8) is 0 Å². The molecule has 0 saturated heterocycles. The number of methoxy groups -OCH3 is 3. The second-order valence-electron chi connectivity index (χ2n) is 12.8. The van der Waals surface area contributed by atoms with E-state index in [9.17, 15) is 38.4 Å². The van der Waals surface area contributed by atoms with E-state index in [1.54, 1.807) is 26.2 Å². The Morgan fingerprint density at radius 1 is 0.607 bits per heavy atom. The van der Waals surface area contributed by atoms with Crippen molar-refractivity contribution in [2.24, 2.45) is 34.4 Å². The fourth-order valence-corrected chi connectivity index (χ4v) is 3.37.